The van der Waals surface area contributed by atoms with Gasteiger partial charge in [0.15, 0.2) is 0 Å². The van der Waals surface area contributed by atoms with Crippen molar-refractivity contribution in [1.29, 1.82) is 0 Å². The second kappa shape index (κ2) is 11.0. The highest BCUT2D eigenvalue weighted by atomic mass is 16.5. The number of fused-ring (bicyclic) bond motifs is 4. The maximum atomic E-state index is 13.4. The fraction of sp³-hybridized carbons (Fsp3) is 0.229. The van der Waals surface area contributed by atoms with Crippen LogP contribution in [0.5, 0.6) is 0 Å². The molecule has 0 saturated heterocycles. The molecule has 2 heterocycles. The Morgan fingerprint density at radius 3 is 2.60 bits per heavy atom. The molecule has 5 aromatic rings. The smallest absolute Gasteiger partial charge is 0.305 e. The Bertz CT molecular complexity index is 1940. The van der Waals surface area contributed by atoms with E-state index in [-0.39, 0.29) is 18.5 Å². The number of primary amides is 1. The van der Waals surface area contributed by atoms with E-state index >= 15 is 0 Å². The Morgan fingerprint density at radius 1 is 1.02 bits per heavy atom. The van der Waals surface area contributed by atoms with Gasteiger partial charge in [0.25, 0.3) is 11.8 Å². The summed E-state index contributed by atoms with van der Waals surface area (Å²) in [7, 11) is 0. The van der Waals surface area contributed by atoms with Crippen molar-refractivity contribution < 1.29 is 24.2 Å². The molecule has 0 bridgehead atoms. The fourth-order valence-corrected chi connectivity index (χ4v) is 6.03. The molecule has 1 atom stereocenters. The molecular weight excluding hydrogens is 542 g/mol. The van der Waals surface area contributed by atoms with Crippen LogP contribution in [0.15, 0.2) is 66.7 Å². The first kappa shape index (κ1) is 28.2. The number of aliphatic hydroxyl groups is 1. The Kier molecular flexibility index (Phi) is 7.23. The molecule has 8 heteroatoms. The largest absolute Gasteiger partial charge is 0.463 e. The van der Waals surface area contributed by atoms with Gasteiger partial charge in [-0.1, -0.05) is 55.0 Å². The number of hydrogen-bond donors (Lipinski definition) is 3. The highest BCUT2D eigenvalue weighted by Crippen LogP contribution is 2.41. The van der Waals surface area contributed by atoms with Crippen LogP contribution < -0.4 is 10.6 Å². The standard InChI is InChI=1S/C35H33N3O5/c1-4-6-31(40)43-18-30(39)21-11-12-25-28(16-21)37-33-26(34(36)41)14-13-24(32(25)33)23-7-5-8-29(20(23)3)38-17-22-10-9-19(2)15-27(22)35(38)42/h5,7-16,30,37,39H,4,6,17-18H2,1-3H3,(H2,36,41)/t30-/m1/s1. The quantitative estimate of drug-likeness (QED) is 0.189. The summed E-state index contributed by atoms with van der Waals surface area (Å²) in [6, 6.07) is 21.0. The average molecular weight is 576 g/mol. The van der Waals surface area contributed by atoms with Crippen molar-refractivity contribution >= 4 is 45.3 Å². The zero-order valence-electron chi connectivity index (χ0n) is 24.4. The van der Waals surface area contributed by atoms with Crippen molar-refractivity contribution in [2.45, 2.75) is 46.3 Å². The predicted molar refractivity (Wildman–Crippen MR) is 167 cm³/mol. The number of hydrogen-bond acceptors (Lipinski definition) is 5. The van der Waals surface area contributed by atoms with Gasteiger partial charge in [0, 0.05) is 34.0 Å². The van der Waals surface area contributed by atoms with Crippen molar-refractivity contribution in [2.75, 3.05) is 11.5 Å². The minimum absolute atomic E-state index is 0.0215. The van der Waals surface area contributed by atoms with Crippen molar-refractivity contribution in [3.05, 3.63) is 100 Å². The highest BCUT2D eigenvalue weighted by Gasteiger charge is 2.30. The number of nitrogens with one attached hydrogen (secondary N) is 1. The maximum Gasteiger partial charge on any atom is 0.305 e. The van der Waals surface area contributed by atoms with Gasteiger partial charge in [-0.15, -0.1) is 0 Å². The van der Waals surface area contributed by atoms with Gasteiger partial charge < -0.3 is 25.5 Å². The third-order valence-corrected chi connectivity index (χ3v) is 8.24. The molecule has 8 nitrogen and oxygen atoms in total. The van der Waals surface area contributed by atoms with E-state index < -0.39 is 12.0 Å². The van der Waals surface area contributed by atoms with Crippen LogP contribution in [-0.4, -0.2) is 34.5 Å². The van der Waals surface area contributed by atoms with E-state index in [1.165, 1.54) is 0 Å². The Balaban J connectivity index is 1.44. The van der Waals surface area contributed by atoms with Crippen molar-refractivity contribution in [3.63, 3.8) is 0 Å². The lowest BCUT2D eigenvalue weighted by Crippen LogP contribution is -2.24. The van der Waals surface area contributed by atoms with Crippen LogP contribution in [0.4, 0.5) is 5.69 Å². The molecule has 1 aliphatic rings. The summed E-state index contributed by atoms with van der Waals surface area (Å²) < 4.78 is 5.21. The van der Waals surface area contributed by atoms with Crippen LogP contribution in [0.3, 0.4) is 0 Å². The number of anilines is 1. The summed E-state index contributed by atoms with van der Waals surface area (Å²) in [6.45, 7) is 6.23. The molecule has 0 fully saturated rings. The number of H-pyrrole nitrogens is 1. The number of carbonyl (C=O) groups is 3. The molecule has 4 N–H and O–H groups in total. The molecule has 2 amide bonds. The van der Waals surface area contributed by atoms with Gasteiger partial charge >= 0.3 is 5.97 Å². The molecular formula is C35H33N3O5. The van der Waals surface area contributed by atoms with E-state index in [4.69, 9.17) is 10.5 Å². The van der Waals surface area contributed by atoms with E-state index in [9.17, 15) is 19.5 Å². The summed E-state index contributed by atoms with van der Waals surface area (Å²) >= 11 is 0. The summed E-state index contributed by atoms with van der Waals surface area (Å²) in [5.74, 6) is -0.935. The number of rotatable bonds is 8. The fourth-order valence-electron chi connectivity index (χ4n) is 6.03. The van der Waals surface area contributed by atoms with E-state index in [0.29, 0.717) is 41.5 Å². The minimum Gasteiger partial charge on any atom is -0.463 e. The summed E-state index contributed by atoms with van der Waals surface area (Å²) in [5, 5.41) is 12.4. The number of aromatic nitrogens is 1. The third-order valence-electron chi connectivity index (χ3n) is 8.24. The van der Waals surface area contributed by atoms with Gasteiger partial charge in [0.05, 0.1) is 17.6 Å². The zero-order chi connectivity index (χ0) is 30.4. The highest BCUT2D eigenvalue weighted by molar-refractivity contribution is 6.20. The van der Waals surface area contributed by atoms with Gasteiger partial charge in [-0.2, -0.15) is 0 Å². The number of aromatic amines is 1. The van der Waals surface area contributed by atoms with Crippen molar-refractivity contribution in [1.82, 2.24) is 4.98 Å². The Morgan fingerprint density at radius 2 is 1.84 bits per heavy atom. The molecule has 43 heavy (non-hydrogen) atoms. The van der Waals surface area contributed by atoms with Gasteiger partial charge in [-0.05, 0) is 72.4 Å². The van der Waals surface area contributed by atoms with E-state index in [2.05, 4.69) is 4.98 Å². The number of benzene rings is 4. The normalized spacial score (nSPS) is 13.5. The number of nitrogens with two attached hydrogens (primary N) is 1. The van der Waals surface area contributed by atoms with Crippen LogP contribution in [-0.2, 0) is 16.1 Å². The lowest BCUT2D eigenvalue weighted by atomic mass is 9.93. The summed E-state index contributed by atoms with van der Waals surface area (Å²) in [5.41, 5.74) is 14.3. The number of esters is 1. The van der Waals surface area contributed by atoms with Gasteiger partial charge in [-0.3, -0.25) is 14.4 Å². The van der Waals surface area contributed by atoms with Crippen molar-refractivity contribution in [3.8, 4) is 11.1 Å². The van der Waals surface area contributed by atoms with Gasteiger partial charge in [0.1, 0.15) is 12.7 Å². The molecule has 0 spiro atoms. The van der Waals surface area contributed by atoms with Gasteiger partial charge in [0.2, 0.25) is 0 Å². The molecule has 0 aliphatic carbocycles. The number of ether oxygens (including phenoxy) is 1. The molecule has 4 aromatic carbocycles. The van der Waals surface area contributed by atoms with Crippen LogP contribution >= 0.6 is 0 Å². The van der Waals surface area contributed by atoms with E-state index in [1.54, 1.807) is 18.2 Å². The number of aryl methyl sites for hydroxylation is 1. The number of carbonyl (C=O) groups excluding carboxylic acids is 3. The molecule has 218 valence electrons. The van der Waals surface area contributed by atoms with Gasteiger partial charge in [-0.25, -0.2) is 0 Å². The monoisotopic (exact) mass is 575 g/mol. The SMILES string of the molecule is CCCC(=O)OC[C@@H](O)c1ccc2c(c1)[nH]c1c(C(N)=O)ccc(-c3cccc(N4Cc5ccc(C)cc5C4=O)c3C)c12. The second-order valence-electron chi connectivity index (χ2n) is 11.2. The topological polar surface area (TPSA) is 126 Å². The molecule has 6 rings (SSSR count). The zero-order valence-corrected chi connectivity index (χ0v) is 24.4. The van der Waals surface area contributed by atoms with Crippen LogP contribution in [0.2, 0.25) is 0 Å². The first-order valence-electron chi connectivity index (χ1n) is 14.4. The van der Waals surface area contributed by atoms with E-state index in [0.717, 1.165) is 49.8 Å². The van der Waals surface area contributed by atoms with Crippen LogP contribution in [0.25, 0.3) is 32.9 Å². The predicted octanol–water partition coefficient (Wildman–Crippen LogP) is 6.24. The molecule has 1 aliphatic heterocycles. The first-order valence-corrected chi connectivity index (χ1v) is 14.4. The van der Waals surface area contributed by atoms with Crippen LogP contribution in [0, 0.1) is 13.8 Å². The molecule has 0 unspecified atom stereocenters. The van der Waals surface area contributed by atoms with Crippen molar-refractivity contribution in [2.24, 2.45) is 5.73 Å². The second-order valence-corrected chi connectivity index (χ2v) is 11.2. The third kappa shape index (κ3) is 4.93. The van der Waals surface area contributed by atoms with Crippen LogP contribution in [0.1, 0.15) is 68.8 Å². The number of amides is 2. The molecule has 0 saturated carbocycles. The summed E-state index contributed by atoms with van der Waals surface area (Å²) in [6.07, 6.45) is -0.0348. The lowest BCUT2D eigenvalue weighted by molar-refractivity contribution is -0.146. The molecule has 1 aromatic heterocycles. The maximum absolute atomic E-state index is 13.4. The number of aliphatic hydroxyl groups excluding tert-OH is 1. The summed E-state index contributed by atoms with van der Waals surface area (Å²) in [4.78, 5) is 42.9. The Hall–Kier alpha value is -4.95. The van der Waals surface area contributed by atoms with E-state index in [1.807, 2.05) is 74.2 Å². The molecule has 0 radical (unpaired) electrons. The Labute approximate surface area is 249 Å². The number of nitrogens with zero attached hydrogens (tertiary/aromatic N) is 1. The lowest BCUT2D eigenvalue weighted by Gasteiger charge is -2.21. The minimum atomic E-state index is -1.00. The average Bonchev–Trinajstić information content (AvgIpc) is 3.53. The first-order chi connectivity index (χ1) is 20.7.